The fraction of sp³-hybridized carbons (Fsp3) is 0.154. The number of aromatic carboxylic acids is 1. The highest BCUT2D eigenvalue weighted by atomic mass is 32.2. The standard InChI is InChI=1S/C13H14N2O5S/c16-12-4-3-10(9-11(12)13(17)18)21(19,20)14-5-8-15-6-1-2-7-15/h1-4,6-7,9,14,16H,5,8H2,(H,17,18). The van der Waals surface area contributed by atoms with Crippen molar-refractivity contribution in [1.29, 1.82) is 0 Å². The predicted octanol–water partition coefficient (Wildman–Crippen LogP) is 0.870. The number of hydrogen-bond donors (Lipinski definition) is 3. The van der Waals surface area contributed by atoms with Crippen LogP contribution in [0.2, 0.25) is 0 Å². The Balaban J connectivity index is 2.12. The quantitative estimate of drug-likeness (QED) is 0.733. The topological polar surface area (TPSA) is 109 Å². The molecule has 7 nitrogen and oxygen atoms in total. The van der Waals surface area contributed by atoms with Crippen LogP contribution in [0.4, 0.5) is 0 Å². The first-order valence-corrected chi connectivity index (χ1v) is 7.55. The molecule has 1 aromatic heterocycles. The van der Waals surface area contributed by atoms with Crippen LogP contribution in [0.25, 0.3) is 0 Å². The van der Waals surface area contributed by atoms with Gasteiger partial charge in [-0.1, -0.05) is 0 Å². The van der Waals surface area contributed by atoms with Crippen molar-refractivity contribution in [2.24, 2.45) is 0 Å². The number of carbonyl (C=O) groups is 1. The third-order valence-corrected chi connectivity index (χ3v) is 4.30. The first kappa shape index (κ1) is 15.1. The van der Waals surface area contributed by atoms with Crippen molar-refractivity contribution in [3.63, 3.8) is 0 Å². The van der Waals surface area contributed by atoms with E-state index in [0.29, 0.717) is 6.54 Å². The van der Waals surface area contributed by atoms with Gasteiger partial charge in [-0.25, -0.2) is 17.9 Å². The van der Waals surface area contributed by atoms with Gasteiger partial charge in [0.1, 0.15) is 11.3 Å². The molecule has 0 saturated heterocycles. The van der Waals surface area contributed by atoms with Crippen molar-refractivity contribution in [3.8, 4) is 5.75 Å². The van der Waals surface area contributed by atoms with Crippen molar-refractivity contribution >= 4 is 16.0 Å². The van der Waals surface area contributed by atoms with Crippen molar-refractivity contribution in [1.82, 2.24) is 9.29 Å². The summed E-state index contributed by atoms with van der Waals surface area (Å²) in [6.07, 6.45) is 3.61. The van der Waals surface area contributed by atoms with Gasteiger partial charge in [-0.05, 0) is 30.3 Å². The average molecular weight is 310 g/mol. The lowest BCUT2D eigenvalue weighted by atomic mass is 10.2. The van der Waals surface area contributed by atoms with E-state index in [1.807, 2.05) is 16.7 Å². The van der Waals surface area contributed by atoms with E-state index >= 15 is 0 Å². The highest BCUT2D eigenvalue weighted by molar-refractivity contribution is 7.89. The zero-order chi connectivity index (χ0) is 15.5. The normalized spacial score (nSPS) is 11.4. The molecule has 0 saturated carbocycles. The fourth-order valence-corrected chi connectivity index (χ4v) is 2.81. The number of phenols is 1. The Bertz CT molecular complexity index is 738. The summed E-state index contributed by atoms with van der Waals surface area (Å²) in [4.78, 5) is 10.7. The van der Waals surface area contributed by atoms with E-state index in [0.717, 1.165) is 18.2 Å². The summed E-state index contributed by atoms with van der Waals surface area (Å²) in [6.45, 7) is 0.621. The van der Waals surface area contributed by atoms with E-state index in [4.69, 9.17) is 5.11 Å². The predicted molar refractivity (Wildman–Crippen MR) is 74.7 cm³/mol. The van der Waals surface area contributed by atoms with E-state index in [1.54, 1.807) is 12.4 Å². The molecule has 3 N–H and O–H groups in total. The Hall–Kier alpha value is -2.32. The van der Waals surface area contributed by atoms with Gasteiger partial charge in [-0.3, -0.25) is 0 Å². The molecule has 0 radical (unpaired) electrons. The van der Waals surface area contributed by atoms with Gasteiger partial charge in [0.25, 0.3) is 0 Å². The Morgan fingerprint density at radius 3 is 2.52 bits per heavy atom. The molecule has 0 amide bonds. The molecule has 0 unspecified atom stereocenters. The maximum atomic E-state index is 12.1. The number of aromatic hydroxyl groups is 1. The second-order valence-electron chi connectivity index (χ2n) is 4.30. The molecule has 0 aliphatic heterocycles. The third-order valence-electron chi connectivity index (χ3n) is 2.84. The van der Waals surface area contributed by atoms with E-state index in [-0.39, 0.29) is 11.4 Å². The van der Waals surface area contributed by atoms with E-state index < -0.39 is 27.3 Å². The minimum absolute atomic E-state index is 0.167. The van der Waals surface area contributed by atoms with Crippen LogP contribution in [-0.2, 0) is 16.6 Å². The van der Waals surface area contributed by atoms with Crippen molar-refractivity contribution in [3.05, 3.63) is 48.3 Å². The zero-order valence-electron chi connectivity index (χ0n) is 10.9. The van der Waals surface area contributed by atoms with Crippen molar-refractivity contribution in [2.75, 3.05) is 6.54 Å². The molecule has 2 aromatic rings. The maximum absolute atomic E-state index is 12.1. The molecule has 21 heavy (non-hydrogen) atoms. The Labute approximate surface area is 121 Å². The lowest BCUT2D eigenvalue weighted by Crippen LogP contribution is -2.27. The third kappa shape index (κ3) is 3.61. The van der Waals surface area contributed by atoms with Crippen LogP contribution in [-0.4, -0.2) is 35.7 Å². The molecule has 0 spiro atoms. The summed E-state index contributed by atoms with van der Waals surface area (Å²) < 4.78 is 28.3. The van der Waals surface area contributed by atoms with Gasteiger partial charge in [0.15, 0.2) is 0 Å². The van der Waals surface area contributed by atoms with Gasteiger partial charge in [0.2, 0.25) is 10.0 Å². The summed E-state index contributed by atoms with van der Waals surface area (Å²) in [5.74, 6) is -1.87. The molecule has 0 bridgehead atoms. The number of benzene rings is 1. The second kappa shape index (κ2) is 5.98. The molecule has 0 aliphatic carbocycles. The Morgan fingerprint density at radius 1 is 1.24 bits per heavy atom. The van der Waals surface area contributed by atoms with Crippen molar-refractivity contribution in [2.45, 2.75) is 11.4 Å². The molecule has 0 fully saturated rings. The second-order valence-corrected chi connectivity index (χ2v) is 6.07. The SMILES string of the molecule is O=C(O)c1cc(S(=O)(=O)NCCn2cccc2)ccc1O. The number of carboxylic acid groups (broad SMARTS) is 1. The maximum Gasteiger partial charge on any atom is 0.339 e. The zero-order valence-corrected chi connectivity index (χ0v) is 11.7. The Kier molecular flexibility index (Phi) is 4.29. The molecule has 0 aliphatic rings. The fourth-order valence-electron chi connectivity index (χ4n) is 1.77. The van der Waals surface area contributed by atoms with E-state index in [9.17, 15) is 18.3 Å². The number of carboxylic acids is 1. The van der Waals surface area contributed by atoms with Crippen LogP contribution in [0.5, 0.6) is 5.75 Å². The van der Waals surface area contributed by atoms with Crippen LogP contribution < -0.4 is 4.72 Å². The molecular weight excluding hydrogens is 296 g/mol. The molecule has 2 rings (SSSR count). The van der Waals surface area contributed by atoms with Gasteiger partial charge in [-0.2, -0.15) is 0 Å². The summed E-state index contributed by atoms with van der Waals surface area (Å²) >= 11 is 0. The summed E-state index contributed by atoms with van der Waals surface area (Å²) in [6, 6.07) is 6.78. The van der Waals surface area contributed by atoms with E-state index in [2.05, 4.69) is 4.72 Å². The molecule has 1 aromatic carbocycles. The largest absolute Gasteiger partial charge is 0.507 e. The van der Waals surface area contributed by atoms with Gasteiger partial charge < -0.3 is 14.8 Å². The first-order valence-electron chi connectivity index (χ1n) is 6.07. The molecular formula is C13H14N2O5S. The number of nitrogens with zero attached hydrogens (tertiary/aromatic N) is 1. The number of rotatable bonds is 6. The number of sulfonamides is 1. The monoisotopic (exact) mass is 310 g/mol. The number of hydrogen-bond acceptors (Lipinski definition) is 4. The highest BCUT2D eigenvalue weighted by Gasteiger charge is 2.18. The molecule has 0 atom stereocenters. The Morgan fingerprint density at radius 2 is 1.90 bits per heavy atom. The van der Waals surface area contributed by atoms with E-state index in [1.165, 1.54) is 0 Å². The summed E-state index contributed by atoms with van der Waals surface area (Å²) in [5, 5.41) is 18.3. The minimum atomic E-state index is -3.82. The number of aromatic nitrogens is 1. The van der Waals surface area contributed by atoms with Gasteiger partial charge in [0.05, 0.1) is 4.90 Å². The van der Waals surface area contributed by atoms with Crippen LogP contribution >= 0.6 is 0 Å². The smallest absolute Gasteiger partial charge is 0.339 e. The van der Waals surface area contributed by atoms with Crippen molar-refractivity contribution < 1.29 is 23.4 Å². The van der Waals surface area contributed by atoms with Crippen LogP contribution in [0.15, 0.2) is 47.6 Å². The summed E-state index contributed by atoms with van der Waals surface area (Å²) in [5.41, 5.74) is -0.455. The first-order chi connectivity index (χ1) is 9.90. The minimum Gasteiger partial charge on any atom is -0.507 e. The van der Waals surface area contributed by atoms with Crippen LogP contribution in [0.3, 0.4) is 0 Å². The molecule has 8 heteroatoms. The van der Waals surface area contributed by atoms with Crippen LogP contribution in [0.1, 0.15) is 10.4 Å². The van der Waals surface area contributed by atoms with Gasteiger partial charge >= 0.3 is 5.97 Å². The molecule has 112 valence electrons. The average Bonchev–Trinajstić information content (AvgIpc) is 2.91. The lowest BCUT2D eigenvalue weighted by Gasteiger charge is -2.09. The lowest BCUT2D eigenvalue weighted by molar-refractivity contribution is 0.0693. The molecule has 1 heterocycles. The summed E-state index contributed by atoms with van der Waals surface area (Å²) in [7, 11) is -3.82. The van der Waals surface area contributed by atoms with Gasteiger partial charge in [0, 0.05) is 25.5 Å². The highest BCUT2D eigenvalue weighted by Crippen LogP contribution is 2.21. The van der Waals surface area contributed by atoms with Gasteiger partial charge in [-0.15, -0.1) is 0 Å². The number of nitrogens with one attached hydrogen (secondary N) is 1. The van der Waals surface area contributed by atoms with Crippen LogP contribution in [0, 0.1) is 0 Å².